The van der Waals surface area contributed by atoms with Gasteiger partial charge in [-0.05, 0) is 10.7 Å². The van der Waals surface area contributed by atoms with Crippen molar-refractivity contribution in [2.45, 2.75) is 39.0 Å². The second-order valence-corrected chi connectivity index (χ2v) is 5.58. The molecule has 1 aliphatic heterocycles. The fraction of sp³-hybridized carbons (Fsp3) is 0.778. The van der Waals surface area contributed by atoms with Crippen LogP contribution in [0.4, 0.5) is 0 Å². The minimum atomic E-state index is -4.08. The second kappa shape index (κ2) is 5.21. The van der Waals surface area contributed by atoms with Crippen molar-refractivity contribution in [3.05, 3.63) is 0 Å². The minimum Gasteiger partial charge on any atom is -0.223 e. The number of imide groups is 1. The fourth-order valence-corrected chi connectivity index (χ4v) is 2.60. The predicted molar refractivity (Wildman–Crippen MR) is 55.7 cm³/mol. The van der Waals surface area contributed by atoms with Crippen LogP contribution >= 0.6 is 0 Å². The Hall–Kier alpha value is -0.830. The number of quaternary nitrogens is 1. The summed E-state index contributed by atoms with van der Waals surface area (Å²) in [6.45, 7) is 1.90. The first-order chi connectivity index (χ1) is 7.82. The molecule has 1 aliphatic rings. The molecule has 98 valence electrons. The molecule has 0 unspecified atom stereocenters. The van der Waals surface area contributed by atoms with Crippen molar-refractivity contribution in [2.24, 2.45) is 0 Å². The van der Waals surface area contributed by atoms with Crippen molar-refractivity contribution in [3.63, 3.8) is 0 Å². The predicted octanol–water partition coefficient (Wildman–Crippen LogP) is 0.491. The van der Waals surface area contributed by atoms with Crippen LogP contribution in [-0.4, -0.2) is 36.0 Å². The third-order valence-corrected chi connectivity index (χ3v) is 3.68. The maximum atomic E-state index is 11.5. The highest BCUT2D eigenvalue weighted by atomic mass is 32.2. The molecule has 1 N–H and O–H groups in total. The van der Waals surface area contributed by atoms with Gasteiger partial charge in [0.25, 0.3) is 0 Å². The van der Waals surface area contributed by atoms with Crippen molar-refractivity contribution in [2.75, 3.05) is 5.75 Å². The minimum absolute atomic E-state index is 0.209. The molecule has 1 saturated heterocycles. The number of unbranched alkanes of at least 4 members (excludes halogenated alkanes) is 2. The summed E-state index contributed by atoms with van der Waals surface area (Å²) >= 11 is 0. The van der Waals surface area contributed by atoms with Crippen LogP contribution < -0.4 is 0 Å². The van der Waals surface area contributed by atoms with Crippen LogP contribution in [0.15, 0.2) is 0 Å². The Balaban J connectivity index is 2.69. The Morgan fingerprint density at radius 2 is 1.76 bits per heavy atom. The first-order valence-corrected chi connectivity index (χ1v) is 7.02. The van der Waals surface area contributed by atoms with Crippen LogP contribution in [-0.2, 0) is 24.0 Å². The SMILES string of the molecule is CCCCCS(=O)(=O)O[N+]1(O)C(=O)CCC1=O. The van der Waals surface area contributed by atoms with Crippen LogP contribution in [0, 0.1) is 0 Å². The van der Waals surface area contributed by atoms with Gasteiger partial charge in [0.1, 0.15) is 4.81 Å². The summed E-state index contributed by atoms with van der Waals surface area (Å²) in [7, 11) is -4.08. The molecule has 0 aromatic rings. The van der Waals surface area contributed by atoms with E-state index in [0.29, 0.717) is 12.8 Å². The van der Waals surface area contributed by atoms with E-state index in [1.807, 2.05) is 6.92 Å². The van der Waals surface area contributed by atoms with Gasteiger partial charge >= 0.3 is 21.9 Å². The van der Waals surface area contributed by atoms with E-state index in [1.165, 1.54) is 0 Å². The Morgan fingerprint density at radius 3 is 2.24 bits per heavy atom. The van der Waals surface area contributed by atoms with Gasteiger partial charge in [0, 0.05) is 0 Å². The zero-order valence-electron chi connectivity index (χ0n) is 9.59. The molecule has 17 heavy (non-hydrogen) atoms. The van der Waals surface area contributed by atoms with Gasteiger partial charge in [0.05, 0.1) is 18.6 Å². The van der Waals surface area contributed by atoms with E-state index in [1.54, 1.807) is 0 Å². The van der Waals surface area contributed by atoms with Crippen LogP contribution in [0.25, 0.3) is 0 Å². The van der Waals surface area contributed by atoms with Gasteiger partial charge in [0.2, 0.25) is 0 Å². The van der Waals surface area contributed by atoms with Crippen LogP contribution in [0.2, 0.25) is 0 Å². The van der Waals surface area contributed by atoms with Crippen LogP contribution in [0.3, 0.4) is 0 Å². The summed E-state index contributed by atoms with van der Waals surface area (Å²) in [5, 5.41) is 9.56. The van der Waals surface area contributed by atoms with Crippen LogP contribution in [0.1, 0.15) is 39.0 Å². The Labute approximate surface area is 99.6 Å². The monoisotopic (exact) mass is 266 g/mol. The summed E-state index contributed by atoms with van der Waals surface area (Å²) in [5.74, 6) is -2.22. The van der Waals surface area contributed by atoms with Crippen molar-refractivity contribution in [1.82, 2.24) is 0 Å². The summed E-state index contributed by atoms with van der Waals surface area (Å²) in [6.07, 6.45) is 1.46. The number of hydroxylamine groups is 4. The van der Waals surface area contributed by atoms with Crippen molar-refractivity contribution in [3.8, 4) is 0 Å². The second-order valence-electron chi connectivity index (χ2n) is 3.91. The van der Waals surface area contributed by atoms with Crippen molar-refractivity contribution < 1.29 is 32.3 Å². The van der Waals surface area contributed by atoms with Gasteiger partial charge < -0.3 is 0 Å². The summed E-state index contributed by atoms with van der Waals surface area (Å²) in [6, 6.07) is 0. The van der Waals surface area contributed by atoms with Gasteiger partial charge in [-0.2, -0.15) is 13.6 Å². The first kappa shape index (κ1) is 14.2. The van der Waals surface area contributed by atoms with Crippen molar-refractivity contribution in [1.29, 1.82) is 0 Å². The molecule has 7 nitrogen and oxygen atoms in total. The molecule has 0 spiro atoms. The van der Waals surface area contributed by atoms with E-state index in [4.69, 9.17) is 0 Å². The molecule has 0 aliphatic carbocycles. The Kier molecular flexibility index (Phi) is 4.36. The van der Waals surface area contributed by atoms with Gasteiger partial charge in [-0.3, -0.25) is 0 Å². The number of carbonyl (C=O) groups excluding carboxylic acids is 2. The topological polar surface area (TPSA) is 97.7 Å². The highest BCUT2D eigenvalue weighted by Gasteiger charge is 2.56. The zero-order valence-corrected chi connectivity index (χ0v) is 10.4. The number of amides is 2. The molecular weight excluding hydrogens is 250 g/mol. The maximum absolute atomic E-state index is 11.5. The molecule has 1 rings (SSSR count). The largest absolute Gasteiger partial charge is 0.388 e. The summed E-state index contributed by atoms with van der Waals surface area (Å²) < 4.78 is 27.2. The lowest BCUT2D eigenvalue weighted by molar-refractivity contribution is -1.11. The zero-order chi connectivity index (χ0) is 13.1. The average molecular weight is 266 g/mol. The molecule has 8 heteroatoms. The van der Waals surface area contributed by atoms with E-state index in [0.717, 1.165) is 6.42 Å². The van der Waals surface area contributed by atoms with E-state index < -0.39 is 26.7 Å². The van der Waals surface area contributed by atoms with Gasteiger partial charge in [-0.1, -0.05) is 19.8 Å². The van der Waals surface area contributed by atoms with Crippen LogP contribution in [0.5, 0.6) is 0 Å². The lowest BCUT2D eigenvalue weighted by Gasteiger charge is -2.15. The Morgan fingerprint density at radius 1 is 1.24 bits per heavy atom. The molecule has 2 amide bonds. The number of hydrogen-bond acceptors (Lipinski definition) is 6. The summed E-state index contributed by atoms with van der Waals surface area (Å²) in [5.41, 5.74) is 0. The number of rotatable bonds is 6. The smallest absolute Gasteiger partial charge is 0.223 e. The standard InChI is InChI=1S/C9H16NO6S/c1-2-3-4-7-17(14,15)16-10(13)8(11)5-6-9(10)12/h13H,2-7H2,1H3/q+1. The third-order valence-electron chi connectivity index (χ3n) is 2.45. The lowest BCUT2D eigenvalue weighted by Crippen LogP contribution is -2.50. The normalized spacial score (nSPS) is 19.9. The van der Waals surface area contributed by atoms with E-state index in [-0.39, 0.29) is 18.6 Å². The molecule has 0 bridgehead atoms. The molecular formula is C9H16NO6S+. The molecule has 0 aromatic carbocycles. The van der Waals surface area contributed by atoms with Gasteiger partial charge in [-0.15, -0.1) is 0 Å². The Bertz CT molecular complexity index is 399. The quantitative estimate of drug-likeness (QED) is 0.325. The molecule has 0 atom stereocenters. The van der Waals surface area contributed by atoms with Gasteiger partial charge in [0.15, 0.2) is 0 Å². The highest BCUT2D eigenvalue weighted by molar-refractivity contribution is 7.86. The third kappa shape index (κ3) is 3.32. The van der Waals surface area contributed by atoms with Gasteiger partial charge in [-0.25, -0.2) is 9.59 Å². The molecule has 0 radical (unpaired) electrons. The highest BCUT2D eigenvalue weighted by Crippen LogP contribution is 2.22. The maximum Gasteiger partial charge on any atom is 0.388 e. The summed E-state index contributed by atoms with van der Waals surface area (Å²) in [4.78, 5) is 20.4. The molecule has 1 heterocycles. The van der Waals surface area contributed by atoms with Crippen molar-refractivity contribution >= 4 is 21.9 Å². The van der Waals surface area contributed by atoms with E-state index in [2.05, 4.69) is 4.28 Å². The average Bonchev–Trinajstić information content (AvgIpc) is 2.45. The molecule has 0 aromatic heterocycles. The number of hydrogen-bond donors (Lipinski definition) is 1. The number of carbonyl (C=O) groups is 2. The van der Waals surface area contributed by atoms with E-state index in [9.17, 15) is 23.2 Å². The van der Waals surface area contributed by atoms with E-state index >= 15 is 0 Å². The molecule has 1 fully saturated rings. The lowest BCUT2D eigenvalue weighted by atomic mass is 10.3. The first-order valence-electron chi connectivity index (χ1n) is 5.44. The number of nitrogens with zero attached hydrogens (tertiary/aromatic N) is 1. The molecule has 0 saturated carbocycles. The fourth-order valence-electron chi connectivity index (χ4n) is 1.47.